The molecule has 2 aliphatic rings. The number of nitrogens with zero attached hydrogens (tertiary/aromatic N) is 1. The van der Waals surface area contributed by atoms with Crippen LogP contribution in [0.1, 0.15) is 45.4 Å². The summed E-state index contributed by atoms with van der Waals surface area (Å²) in [6.45, 7) is 4.75. The summed E-state index contributed by atoms with van der Waals surface area (Å²) in [7, 11) is 0. The number of rotatable bonds is 5. The van der Waals surface area contributed by atoms with Crippen molar-refractivity contribution in [3.63, 3.8) is 0 Å². The molecule has 1 heterocycles. The Labute approximate surface area is 110 Å². The maximum absolute atomic E-state index is 12.0. The molecule has 0 spiro atoms. The van der Waals surface area contributed by atoms with E-state index in [1.807, 2.05) is 4.90 Å². The number of aliphatic hydroxyl groups is 1. The summed E-state index contributed by atoms with van der Waals surface area (Å²) < 4.78 is 0. The molecule has 2 fully saturated rings. The van der Waals surface area contributed by atoms with E-state index in [2.05, 4.69) is 12.2 Å². The first-order chi connectivity index (χ1) is 8.69. The Morgan fingerprint density at radius 3 is 2.78 bits per heavy atom. The van der Waals surface area contributed by atoms with Crippen LogP contribution in [0.3, 0.4) is 0 Å². The van der Waals surface area contributed by atoms with Crippen LogP contribution in [0.25, 0.3) is 0 Å². The first-order valence-corrected chi connectivity index (χ1v) is 7.33. The van der Waals surface area contributed by atoms with Crippen LogP contribution in [0.5, 0.6) is 0 Å². The van der Waals surface area contributed by atoms with Crippen molar-refractivity contribution in [1.29, 1.82) is 0 Å². The van der Waals surface area contributed by atoms with E-state index in [-0.39, 0.29) is 18.6 Å². The van der Waals surface area contributed by atoms with Gasteiger partial charge in [-0.15, -0.1) is 0 Å². The molecule has 2 amide bonds. The molecule has 0 aromatic rings. The highest BCUT2D eigenvalue weighted by atomic mass is 16.3. The number of hydrogen-bond donors (Lipinski definition) is 2. The number of amides is 2. The SMILES string of the molecule is CCCC1(CNC(=O)N2CCC(CO)C2)CCC1. The molecule has 1 saturated carbocycles. The monoisotopic (exact) mass is 254 g/mol. The van der Waals surface area contributed by atoms with Gasteiger partial charge in [0.25, 0.3) is 0 Å². The van der Waals surface area contributed by atoms with E-state index in [1.165, 1.54) is 32.1 Å². The van der Waals surface area contributed by atoms with Gasteiger partial charge in [0.1, 0.15) is 0 Å². The Morgan fingerprint density at radius 1 is 1.50 bits per heavy atom. The van der Waals surface area contributed by atoms with Crippen LogP contribution in [-0.2, 0) is 0 Å². The van der Waals surface area contributed by atoms with Crippen molar-refractivity contribution in [3.05, 3.63) is 0 Å². The molecule has 1 atom stereocenters. The van der Waals surface area contributed by atoms with E-state index in [0.717, 1.165) is 19.5 Å². The molecule has 1 unspecified atom stereocenters. The van der Waals surface area contributed by atoms with Gasteiger partial charge in [0, 0.05) is 32.2 Å². The van der Waals surface area contributed by atoms with Crippen molar-refractivity contribution in [2.75, 3.05) is 26.2 Å². The van der Waals surface area contributed by atoms with Gasteiger partial charge in [0.15, 0.2) is 0 Å². The minimum absolute atomic E-state index is 0.0633. The summed E-state index contributed by atoms with van der Waals surface area (Å²) in [5.41, 5.74) is 0.389. The van der Waals surface area contributed by atoms with Gasteiger partial charge >= 0.3 is 6.03 Å². The first kappa shape index (κ1) is 13.7. The normalized spacial score (nSPS) is 25.9. The smallest absolute Gasteiger partial charge is 0.317 e. The van der Waals surface area contributed by atoms with Gasteiger partial charge < -0.3 is 15.3 Å². The van der Waals surface area contributed by atoms with Crippen LogP contribution in [0.2, 0.25) is 0 Å². The highest BCUT2D eigenvalue weighted by molar-refractivity contribution is 5.74. The van der Waals surface area contributed by atoms with E-state index in [9.17, 15) is 4.79 Å². The van der Waals surface area contributed by atoms with Gasteiger partial charge in [0.2, 0.25) is 0 Å². The maximum atomic E-state index is 12.0. The van der Waals surface area contributed by atoms with Crippen molar-refractivity contribution in [2.45, 2.75) is 45.4 Å². The molecule has 2 rings (SSSR count). The Balaban J connectivity index is 1.74. The predicted octanol–water partition coefficient (Wildman–Crippen LogP) is 1.98. The molecule has 4 nitrogen and oxygen atoms in total. The molecule has 18 heavy (non-hydrogen) atoms. The molecule has 0 bridgehead atoms. The fourth-order valence-corrected chi connectivity index (χ4v) is 3.26. The summed E-state index contributed by atoms with van der Waals surface area (Å²) in [5, 5.41) is 12.2. The lowest BCUT2D eigenvalue weighted by molar-refractivity contribution is 0.114. The number of carbonyl (C=O) groups excluding carboxylic acids is 1. The molecular formula is C14H26N2O2. The summed E-state index contributed by atoms with van der Waals surface area (Å²) in [6, 6.07) is 0.0633. The van der Waals surface area contributed by atoms with Crippen molar-refractivity contribution in [3.8, 4) is 0 Å². The molecule has 0 aromatic heterocycles. The van der Waals surface area contributed by atoms with Gasteiger partial charge in [-0.05, 0) is 31.1 Å². The van der Waals surface area contributed by atoms with Gasteiger partial charge in [-0.25, -0.2) is 4.79 Å². The molecule has 1 aliphatic heterocycles. The average molecular weight is 254 g/mol. The fraction of sp³-hybridized carbons (Fsp3) is 0.929. The topological polar surface area (TPSA) is 52.6 Å². The van der Waals surface area contributed by atoms with Crippen molar-refractivity contribution >= 4 is 6.03 Å². The molecule has 104 valence electrons. The molecular weight excluding hydrogens is 228 g/mol. The van der Waals surface area contributed by atoms with E-state index < -0.39 is 0 Å². The van der Waals surface area contributed by atoms with Crippen LogP contribution >= 0.6 is 0 Å². The zero-order chi connectivity index (χ0) is 13.0. The molecule has 1 aliphatic carbocycles. The first-order valence-electron chi connectivity index (χ1n) is 7.33. The van der Waals surface area contributed by atoms with Crippen LogP contribution in [0.4, 0.5) is 4.79 Å². The van der Waals surface area contributed by atoms with Crippen molar-refractivity contribution in [2.24, 2.45) is 11.3 Å². The van der Waals surface area contributed by atoms with Gasteiger partial charge in [-0.2, -0.15) is 0 Å². The highest BCUT2D eigenvalue weighted by Gasteiger charge is 2.36. The van der Waals surface area contributed by atoms with E-state index in [1.54, 1.807) is 0 Å². The van der Waals surface area contributed by atoms with E-state index >= 15 is 0 Å². The zero-order valence-corrected chi connectivity index (χ0v) is 11.5. The van der Waals surface area contributed by atoms with Crippen LogP contribution in [-0.4, -0.2) is 42.3 Å². The summed E-state index contributed by atoms with van der Waals surface area (Å²) >= 11 is 0. The summed E-state index contributed by atoms with van der Waals surface area (Å²) in [6.07, 6.45) is 7.20. The second-order valence-electron chi connectivity index (χ2n) is 6.05. The highest BCUT2D eigenvalue weighted by Crippen LogP contribution is 2.44. The number of carbonyl (C=O) groups is 1. The van der Waals surface area contributed by atoms with E-state index in [4.69, 9.17) is 5.11 Å². The second-order valence-corrected chi connectivity index (χ2v) is 6.05. The third-order valence-electron chi connectivity index (χ3n) is 4.64. The minimum atomic E-state index is 0.0633. The van der Waals surface area contributed by atoms with E-state index in [0.29, 0.717) is 12.0 Å². The summed E-state index contributed by atoms with van der Waals surface area (Å²) in [5.74, 6) is 0.282. The lowest BCUT2D eigenvalue weighted by Gasteiger charge is -2.42. The van der Waals surface area contributed by atoms with Gasteiger partial charge in [-0.1, -0.05) is 19.8 Å². The second kappa shape index (κ2) is 5.91. The number of aliphatic hydroxyl groups excluding tert-OH is 1. The molecule has 0 radical (unpaired) electrons. The fourth-order valence-electron chi connectivity index (χ4n) is 3.26. The average Bonchev–Trinajstić information content (AvgIpc) is 2.80. The quantitative estimate of drug-likeness (QED) is 0.788. The molecule has 0 aromatic carbocycles. The lowest BCUT2D eigenvalue weighted by Crippen LogP contribution is -2.46. The van der Waals surface area contributed by atoms with Crippen LogP contribution < -0.4 is 5.32 Å². The van der Waals surface area contributed by atoms with Crippen LogP contribution in [0, 0.1) is 11.3 Å². The third kappa shape index (κ3) is 2.97. The Bertz CT molecular complexity index is 290. The Kier molecular flexibility index (Phi) is 4.49. The predicted molar refractivity (Wildman–Crippen MR) is 71.4 cm³/mol. The number of nitrogens with one attached hydrogen (secondary N) is 1. The van der Waals surface area contributed by atoms with Crippen molar-refractivity contribution < 1.29 is 9.90 Å². The maximum Gasteiger partial charge on any atom is 0.317 e. The van der Waals surface area contributed by atoms with Crippen LogP contribution in [0.15, 0.2) is 0 Å². The number of urea groups is 1. The number of likely N-dealkylation sites (tertiary alicyclic amines) is 1. The third-order valence-corrected chi connectivity index (χ3v) is 4.64. The standard InChI is InChI=1S/C14H26N2O2/c1-2-5-14(6-3-7-14)11-15-13(18)16-8-4-12(9-16)10-17/h12,17H,2-11H2,1H3,(H,15,18). The largest absolute Gasteiger partial charge is 0.396 e. The number of hydrogen-bond acceptors (Lipinski definition) is 2. The Morgan fingerprint density at radius 2 is 2.28 bits per heavy atom. The zero-order valence-electron chi connectivity index (χ0n) is 11.5. The molecule has 1 saturated heterocycles. The van der Waals surface area contributed by atoms with Gasteiger partial charge in [-0.3, -0.25) is 0 Å². The Hall–Kier alpha value is -0.770. The minimum Gasteiger partial charge on any atom is -0.396 e. The molecule has 2 N–H and O–H groups in total. The molecule has 4 heteroatoms. The summed E-state index contributed by atoms with van der Waals surface area (Å²) in [4.78, 5) is 13.9. The van der Waals surface area contributed by atoms with Gasteiger partial charge in [0.05, 0.1) is 0 Å². The lowest BCUT2D eigenvalue weighted by atomic mass is 9.66. The van der Waals surface area contributed by atoms with Crippen molar-refractivity contribution in [1.82, 2.24) is 10.2 Å².